The Morgan fingerprint density at radius 3 is 3.21 bits per heavy atom. The van der Waals surface area contributed by atoms with Crippen molar-refractivity contribution in [3.05, 3.63) is 29.2 Å². The van der Waals surface area contributed by atoms with E-state index in [-0.39, 0.29) is 5.75 Å². The summed E-state index contributed by atoms with van der Waals surface area (Å²) < 4.78 is 31.5. The molecule has 1 atom stereocenters. The Balaban J connectivity index is 2.42. The van der Waals surface area contributed by atoms with Crippen LogP contribution < -0.4 is 0 Å². The van der Waals surface area contributed by atoms with Gasteiger partial charge >= 0.3 is 0 Å². The molecule has 0 saturated heterocycles. The molecule has 0 bridgehead atoms. The van der Waals surface area contributed by atoms with E-state index in [4.69, 9.17) is 13.9 Å². The molecule has 0 radical (unpaired) electrons. The van der Waals surface area contributed by atoms with E-state index >= 15 is 0 Å². The van der Waals surface area contributed by atoms with Crippen LogP contribution in [-0.2, 0) is 15.8 Å². The fourth-order valence-electron chi connectivity index (χ4n) is 1.17. The lowest BCUT2D eigenvalue weighted by molar-refractivity contribution is 0.406. The van der Waals surface area contributed by atoms with Crippen LogP contribution in [0.4, 0.5) is 0 Å². The maximum atomic E-state index is 10.8. The predicted molar refractivity (Wildman–Crippen MR) is 50.4 cm³/mol. The molecule has 1 aromatic rings. The molecule has 1 heterocycles. The Labute approximate surface area is 80.9 Å². The lowest BCUT2D eigenvalue weighted by atomic mass is 10.1. The van der Waals surface area contributed by atoms with Gasteiger partial charge in [0.05, 0.1) is 6.08 Å². The summed E-state index contributed by atoms with van der Waals surface area (Å²) in [6.45, 7) is 0. The van der Waals surface area contributed by atoms with E-state index in [2.05, 4.69) is 11.2 Å². The molecule has 1 aromatic heterocycles. The van der Waals surface area contributed by atoms with Crippen LogP contribution in [0.2, 0.25) is 0 Å². The molecule has 0 aliphatic heterocycles. The fraction of sp³-hybridized carbons (Fsp3) is 0.125. The minimum atomic E-state index is -3.57. The molecule has 1 aliphatic carbocycles. The first-order valence-corrected chi connectivity index (χ1v) is 5.48. The number of aromatic nitrogens is 1. The van der Waals surface area contributed by atoms with Gasteiger partial charge in [-0.1, -0.05) is 5.16 Å². The zero-order valence-electron chi connectivity index (χ0n) is 7.06. The number of allylic oxidation sites excluding steroid dienone is 2. The maximum absolute atomic E-state index is 10.8. The third-order valence-corrected chi connectivity index (χ3v) is 2.39. The second-order valence-electron chi connectivity index (χ2n) is 2.84. The number of hydrogen-bond donors (Lipinski definition) is 2. The van der Waals surface area contributed by atoms with Crippen LogP contribution in [0.5, 0.6) is 0 Å². The van der Waals surface area contributed by atoms with Crippen molar-refractivity contribution >= 4 is 22.2 Å². The van der Waals surface area contributed by atoms with Crippen molar-refractivity contribution in [2.24, 2.45) is 0 Å². The van der Waals surface area contributed by atoms with Crippen LogP contribution >= 0.6 is 0 Å². The molecule has 5 nitrogen and oxygen atoms in total. The quantitative estimate of drug-likeness (QED) is 0.726. The lowest BCUT2D eigenvalue weighted by Crippen LogP contribution is -2.01. The van der Waals surface area contributed by atoms with Crippen molar-refractivity contribution in [2.75, 3.05) is 0 Å². The van der Waals surface area contributed by atoms with Crippen LogP contribution in [-0.4, -0.2) is 13.9 Å². The Morgan fingerprint density at radius 1 is 1.71 bits per heavy atom. The van der Waals surface area contributed by atoms with Crippen LogP contribution in [0.15, 0.2) is 10.6 Å². The minimum absolute atomic E-state index is 0.315. The van der Waals surface area contributed by atoms with Gasteiger partial charge in [-0.2, -0.15) is 0 Å². The third kappa shape index (κ3) is 1.72. The van der Waals surface area contributed by atoms with Gasteiger partial charge in [0.1, 0.15) is 17.5 Å². The summed E-state index contributed by atoms with van der Waals surface area (Å²) in [5.74, 6) is 0.190. The van der Waals surface area contributed by atoms with Crippen LogP contribution in [0, 0.1) is 10.9 Å². The van der Waals surface area contributed by atoms with Gasteiger partial charge in [-0.05, 0) is 0 Å². The summed E-state index contributed by atoms with van der Waals surface area (Å²) in [7, 11) is -3.57. The number of nitrogens with one attached hydrogen (secondary N) is 1. The van der Waals surface area contributed by atoms with Gasteiger partial charge in [0.25, 0.3) is 5.76 Å². The Morgan fingerprint density at radius 2 is 2.50 bits per heavy atom. The first-order chi connectivity index (χ1) is 6.56. The van der Waals surface area contributed by atoms with E-state index in [0.29, 0.717) is 17.0 Å². The van der Waals surface area contributed by atoms with E-state index in [1.165, 1.54) is 0 Å². The molecule has 6 heteroatoms. The van der Waals surface area contributed by atoms with Crippen molar-refractivity contribution in [3.8, 4) is 0 Å². The molecular formula is C8H7N2O3S+. The molecule has 2 N–H and O–H groups in total. The third-order valence-electron chi connectivity index (χ3n) is 1.72. The van der Waals surface area contributed by atoms with E-state index < -0.39 is 10.0 Å². The highest BCUT2D eigenvalue weighted by Gasteiger charge is 2.23. The summed E-state index contributed by atoms with van der Waals surface area (Å²) in [6, 6.07) is 0. The Bertz CT molecular complexity index is 511. The summed E-state index contributed by atoms with van der Waals surface area (Å²) in [6.07, 6.45) is 7.74. The molecular weight excluding hydrogens is 204 g/mol. The number of rotatable bonds is 2. The molecule has 14 heavy (non-hydrogen) atoms. The van der Waals surface area contributed by atoms with Crippen LogP contribution in [0.1, 0.15) is 17.0 Å². The maximum Gasteiger partial charge on any atom is 0.282 e. The molecule has 0 fully saturated rings. The van der Waals surface area contributed by atoms with Crippen LogP contribution in [0.3, 0.4) is 0 Å². The van der Waals surface area contributed by atoms with Gasteiger partial charge in [-0.15, -0.1) is 0 Å². The van der Waals surface area contributed by atoms with Crippen molar-refractivity contribution in [2.45, 2.75) is 5.75 Å². The molecule has 1 unspecified atom stereocenters. The van der Waals surface area contributed by atoms with Gasteiger partial charge in [-0.25, -0.2) is 8.99 Å². The first kappa shape index (κ1) is 9.08. The standard InChI is InChI=1S/C8H6N2O3S/c9-14(11,12)5-7-6-3-1-2-4-8(6)13-10-7/h1,3-4H,5H2,(H-,9,11,12)/p+1. The summed E-state index contributed by atoms with van der Waals surface area (Å²) >= 11 is 0. The molecule has 72 valence electrons. The second kappa shape index (κ2) is 3.02. The van der Waals surface area contributed by atoms with Gasteiger partial charge in [0.2, 0.25) is 0 Å². The highest BCUT2D eigenvalue weighted by Crippen LogP contribution is 2.22. The van der Waals surface area contributed by atoms with E-state index in [1.807, 2.05) is 0 Å². The monoisotopic (exact) mass is 211 g/mol. The van der Waals surface area contributed by atoms with Crippen molar-refractivity contribution in [3.63, 3.8) is 0 Å². The van der Waals surface area contributed by atoms with Gasteiger partial charge in [-0.3, -0.25) is 4.52 Å². The average Bonchev–Trinajstić information content (AvgIpc) is 2.47. The molecule has 1 aliphatic rings. The SMILES string of the molecule is N=S(=O)(O)Cc1noc2c1C=C[C+]=C2. The first-order valence-electron chi connectivity index (χ1n) is 3.79. The van der Waals surface area contributed by atoms with Gasteiger partial charge in [0.15, 0.2) is 21.6 Å². The zero-order valence-corrected chi connectivity index (χ0v) is 7.87. The Kier molecular flexibility index (Phi) is 1.96. The van der Waals surface area contributed by atoms with Crippen LogP contribution in [0.25, 0.3) is 12.2 Å². The molecule has 0 amide bonds. The van der Waals surface area contributed by atoms with Crippen molar-refractivity contribution < 1.29 is 13.3 Å². The number of nitrogens with zero attached hydrogens (tertiary/aromatic N) is 1. The van der Waals surface area contributed by atoms with Crippen molar-refractivity contribution in [1.29, 1.82) is 4.78 Å². The second-order valence-corrected chi connectivity index (χ2v) is 4.41. The van der Waals surface area contributed by atoms with E-state index in [9.17, 15) is 4.21 Å². The van der Waals surface area contributed by atoms with E-state index in [1.54, 1.807) is 18.2 Å². The molecule has 0 saturated carbocycles. The zero-order chi connectivity index (χ0) is 10.2. The molecule has 0 spiro atoms. The molecule has 0 aromatic carbocycles. The topological polar surface area (TPSA) is 87.2 Å². The Hall–Kier alpha value is -1.49. The van der Waals surface area contributed by atoms with Gasteiger partial charge < -0.3 is 4.55 Å². The normalized spacial score (nSPS) is 17.2. The van der Waals surface area contributed by atoms with Crippen molar-refractivity contribution in [1.82, 2.24) is 5.16 Å². The predicted octanol–water partition coefficient (Wildman–Crippen LogP) is 1.54. The number of hydrogen-bond acceptors (Lipinski definition) is 4. The summed E-state index contributed by atoms with van der Waals surface area (Å²) in [5, 5.41) is 3.63. The highest BCUT2D eigenvalue weighted by atomic mass is 32.2. The largest absolute Gasteiger partial charge is 0.300 e. The van der Waals surface area contributed by atoms with Gasteiger partial charge in [0, 0.05) is 6.08 Å². The summed E-state index contributed by atoms with van der Waals surface area (Å²) in [4.78, 5) is 0. The average molecular weight is 211 g/mol. The fourth-order valence-corrected chi connectivity index (χ4v) is 1.75. The summed E-state index contributed by atoms with van der Waals surface area (Å²) in [5.41, 5.74) is 0.981. The smallest absolute Gasteiger partial charge is 0.282 e. The molecule has 2 rings (SSSR count). The highest BCUT2D eigenvalue weighted by molar-refractivity contribution is 7.86. The number of fused-ring (bicyclic) bond motifs is 1. The van der Waals surface area contributed by atoms with E-state index in [0.717, 1.165) is 0 Å². The lowest BCUT2D eigenvalue weighted by Gasteiger charge is -1.94. The minimum Gasteiger partial charge on any atom is -0.300 e.